The van der Waals surface area contributed by atoms with Crippen molar-refractivity contribution in [3.63, 3.8) is 0 Å². The second-order valence-electron chi connectivity index (χ2n) is 3.83. The monoisotopic (exact) mass is 238 g/mol. The van der Waals surface area contributed by atoms with Crippen molar-refractivity contribution >= 4 is 11.7 Å². The van der Waals surface area contributed by atoms with Crippen molar-refractivity contribution in [1.29, 1.82) is 0 Å². The molecule has 0 bridgehead atoms. The summed E-state index contributed by atoms with van der Waals surface area (Å²) in [4.78, 5) is 19.9. The highest BCUT2D eigenvalue weighted by atomic mass is 16.5. The average molecular weight is 238 g/mol. The molecule has 0 radical (unpaired) electrons. The third-order valence-corrected chi connectivity index (χ3v) is 2.23. The number of carbonyl (C=O) groups is 1. The van der Waals surface area contributed by atoms with Crippen LogP contribution in [0.5, 0.6) is 6.01 Å². The fourth-order valence-corrected chi connectivity index (χ4v) is 1.34. The number of hydrogen-bond acceptors (Lipinski definition) is 5. The molecule has 0 aliphatic carbocycles. The number of ether oxygens (including phenoxy) is 1. The lowest BCUT2D eigenvalue weighted by atomic mass is 10.1. The summed E-state index contributed by atoms with van der Waals surface area (Å²) in [5, 5.41) is 5.68. The lowest BCUT2D eigenvalue weighted by Crippen LogP contribution is -2.29. The molecule has 2 N–H and O–H groups in total. The van der Waals surface area contributed by atoms with E-state index in [1.807, 2.05) is 20.9 Å². The second-order valence-corrected chi connectivity index (χ2v) is 3.83. The quantitative estimate of drug-likeness (QED) is 0.785. The molecular formula is C11H18N4O2. The van der Waals surface area contributed by atoms with E-state index in [9.17, 15) is 4.79 Å². The number of hydrogen-bond donors (Lipinski definition) is 2. The van der Waals surface area contributed by atoms with Crippen LogP contribution in [0.4, 0.5) is 5.82 Å². The fourth-order valence-electron chi connectivity index (χ4n) is 1.34. The third kappa shape index (κ3) is 3.99. The third-order valence-electron chi connectivity index (χ3n) is 2.23. The van der Waals surface area contributed by atoms with E-state index in [2.05, 4.69) is 20.6 Å². The predicted octanol–water partition coefficient (Wildman–Crippen LogP) is 0.588. The Morgan fingerprint density at radius 1 is 1.53 bits per heavy atom. The number of nitrogens with one attached hydrogen (secondary N) is 2. The smallest absolute Gasteiger partial charge is 0.318 e. The summed E-state index contributed by atoms with van der Waals surface area (Å²) in [5.74, 6) is 0.253. The van der Waals surface area contributed by atoms with Crippen molar-refractivity contribution in [1.82, 2.24) is 15.3 Å². The molecule has 0 aromatic carbocycles. The number of anilines is 1. The largest absolute Gasteiger partial charge is 0.467 e. The molecule has 6 nitrogen and oxygen atoms in total. The molecule has 1 aromatic heterocycles. The van der Waals surface area contributed by atoms with Crippen LogP contribution in [0.15, 0.2) is 6.07 Å². The molecule has 1 unspecified atom stereocenters. The Hall–Kier alpha value is -1.69. The van der Waals surface area contributed by atoms with Gasteiger partial charge in [-0.25, -0.2) is 4.98 Å². The molecule has 0 saturated carbocycles. The first kappa shape index (κ1) is 13.4. The van der Waals surface area contributed by atoms with Crippen molar-refractivity contribution in [2.75, 3.05) is 26.0 Å². The normalized spacial score (nSPS) is 12.0. The van der Waals surface area contributed by atoms with E-state index in [-0.39, 0.29) is 17.8 Å². The van der Waals surface area contributed by atoms with Crippen LogP contribution in [0.2, 0.25) is 0 Å². The van der Waals surface area contributed by atoms with E-state index in [4.69, 9.17) is 4.74 Å². The minimum absolute atomic E-state index is 0.0838. The number of carbonyl (C=O) groups excluding carboxylic acids is 1. The van der Waals surface area contributed by atoms with Crippen molar-refractivity contribution in [3.05, 3.63) is 11.8 Å². The molecule has 1 rings (SSSR count). The molecule has 0 spiro atoms. The average Bonchev–Trinajstić information content (AvgIpc) is 2.28. The molecule has 1 amide bonds. The summed E-state index contributed by atoms with van der Waals surface area (Å²) >= 11 is 0. The van der Waals surface area contributed by atoms with Crippen LogP contribution in [0.1, 0.15) is 12.6 Å². The minimum Gasteiger partial charge on any atom is -0.467 e. The van der Waals surface area contributed by atoms with E-state index >= 15 is 0 Å². The first-order valence-electron chi connectivity index (χ1n) is 5.42. The van der Waals surface area contributed by atoms with Crippen molar-refractivity contribution in [2.45, 2.75) is 13.8 Å². The standard InChI is InChI=1S/C11H18N4O2/c1-7(6-12-3)10(16)14-9-5-8(2)13-11(15-9)17-4/h5,7,12H,6H2,1-4H3,(H,13,14,15,16). The topological polar surface area (TPSA) is 76.1 Å². The first-order valence-corrected chi connectivity index (χ1v) is 5.42. The summed E-state index contributed by atoms with van der Waals surface area (Å²) in [6, 6.07) is 1.95. The van der Waals surface area contributed by atoms with Gasteiger partial charge in [-0.05, 0) is 14.0 Å². The van der Waals surface area contributed by atoms with Crippen LogP contribution in [-0.4, -0.2) is 36.6 Å². The maximum absolute atomic E-state index is 11.8. The Morgan fingerprint density at radius 3 is 2.82 bits per heavy atom. The molecule has 6 heteroatoms. The number of nitrogens with zero attached hydrogens (tertiary/aromatic N) is 2. The van der Waals surface area contributed by atoms with Gasteiger partial charge in [0.15, 0.2) is 0 Å². The first-order chi connectivity index (χ1) is 8.06. The Morgan fingerprint density at radius 2 is 2.24 bits per heavy atom. The van der Waals surface area contributed by atoms with Gasteiger partial charge in [-0.2, -0.15) is 4.98 Å². The number of rotatable bonds is 5. The van der Waals surface area contributed by atoms with Crippen LogP contribution in [0, 0.1) is 12.8 Å². The number of aromatic nitrogens is 2. The van der Waals surface area contributed by atoms with Crippen molar-refractivity contribution < 1.29 is 9.53 Å². The molecular weight excluding hydrogens is 220 g/mol. The zero-order valence-corrected chi connectivity index (χ0v) is 10.6. The highest BCUT2D eigenvalue weighted by Crippen LogP contribution is 2.11. The van der Waals surface area contributed by atoms with Gasteiger partial charge in [-0.3, -0.25) is 4.79 Å². The van der Waals surface area contributed by atoms with Gasteiger partial charge in [0.1, 0.15) is 5.82 Å². The fraction of sp³-hybridized carbons (Fsp3) is 0.545. The highest BCUT2D eigenvalue weighted by molar-refractivity contribution is 5.91. The molecule has 1 aromatic rings. The lowest BCUT2D eigenvalue weighted by molar-refractivity contribution is -0.119. The predicted molar refractivity (Wildman–Crippen MR) is 65.0 cm³/mol. The zero-order chi connectivity index (χ0) is 12.8. The zero-order valence-electron chi connectivity index (χ0n) is 10.6. The summed E-state index contributed by atoms with van der Waals surface area (Å²) in [6.45, 7) is 4.28. The van der Waals surface area contributed by atoms with Gasteiger partial charge < -0.3 is 15.4 Å². The maximum Gasteiger partial charge on any atom is 0.318 e. The van der Waals surface area contributed by atoms with Gasteiger partial charge in [0.2, 0.25) is 5.91 Å². The van der Waals surface area contributed by atoms with E-state index < -0.39 is 0 Å². The molecule has 0 fully saturated rings. The van der Waals surface area contributed by atoms with Crippen LogP contribution < -0.4 is 15.4 Å². The van der Waals surface area contributed by atoms with Gasteiger partial charge in [0.25, 0.3) is 0 Å². The van der Waals surface area contributed by atoms with Gasteiger partial charge >= 0.3 is 6.01 Å². The van der Waals surface area contributed by atoms with E-state index in [0.29, 0.717) is 12.4 Å². The Bertz CT molecular complexity index is 395. The van der Waals surface area contributed by atoms with Gasteiger partial charge in [-0.15, -0.1) is 0 Å². The molecule has 0 aliphatic rings. The van der Waals surface area contributed by atoms with E-state index in [1.54, 1.807) is 6.07 Å². The van der Waals surface area contributed by atoms with Gasteiger partial charge in [-0.1, -0.05) is 6.92 Å². The Kier molecular flexibility index (Phi) is 4.84. The molecule has 1 atom stereocenters. The van der Waals surface area contributed by atoms with Crippen molar-refractivity contribution in [3.8, 4) is 6.01 Å². The number of methoxy groups -OCH3 is 1. The summed E-state index contributed by atoms with van der Waals surface area (Å²) < 4.78 is 4.94. The molecule has 94 valence electrons. The van der Waals surface area contributed by atoms with Crippen LogP contribution in [-0.2, 0) is 4.79 Å². The SMILES string of the molecule is CNCC(C)C(=O)Nc1cc(C)nc(OC)n1. The summed E-state index contributed by atoms with van der Waals surface area (Å²) in [7, 11) is 3.30. The van der Waals surface area contributed by atoms with E-state index in [0.717, 1.165) is 5.69 Å². The van der Waals surface area contributed by atoms with Crippen LogP contribution >= 0.6 is 0 Å². The van der Waals surface area contributed by atoms with Gasteiger partial charge in [0, 0.05) is 24.2 Å². The second kappa shape index (κ2) is 6.15. The molecule has 17 heavy (non-hydrogen) atoms. The van der Waals surface area contributed by atoms with Gasteiger partial charge in [0.05, 0.1) is 7.11 Å². The number of aryl methyl sites for hydroxylation is 1. The Balaban J connectivity index is 2.74. The minimum atomic E-state index is -0.124. The Labute approximate surface area is 101 Å². The van der Waals surface area contributed by atoms with Crippen LogP contribution in [0.25, 0.3) is 0 Å². The maximum atomic E-state index is 11.8. The molecule has 0 saturated heterocycles. The highest BCUT2D eigenvalue weighted by Gasteiger charge is 2.13. The van der Waals surface area contributed by atoms with E-state index in [1.165, 1.54) is 7.11 Å². The molecule has 0 aliphatic heterocycles. The van der Waals surface area contributed by atoms with Crippen LogP contribution in [0.3, 0.4) is 0 Å². The number of amides is 1. The summed E-state index contributed by atoms with van der Waals surface area (Å²) in [6.07, 6.45) is 0. The van der Waals surface area contributed by atoms with Crippen molar-refractivity contribution in [2.24, 2.45) is 5.92 Å². The summed E-state index contributed by atoms with van der Waals surface area (Å²) in [5.41, 5.74) is 0.744. The lowest BCUT2D eigenvalue weighted by Gasteiger charge is -2.11. The molecule has 1 heterocycles.